The topological polar surface area (TPSA) is 21.3 Å². The maximum atomic E-state index is 6.07. The predicted octanol–water partition coefficient (Wildman–Crippen LogP) is 4.53. The van der Waals surface area contributed by atoms with Crippen LogP contribution in [0.2, 0.25) is 0 Å². The molecule has 112 valence electrons. The van der Waals surface area contributed by atoms with E-state index in [0.717, 1.165) is 35.5 Å². The minimum Gasteiger partial charge on any atom is -0.493 e. The van der Waals surface area contributed by atoms with Crippen molar-refractivity contribution >= 4 is 28.3 Å². The van der Waals surface area contributed by atoms with Gasteiger partial charge < -0.3 is 10.1 Å². The van der Waals surface area contributed by atoms with Crippen LogP contribution in [0.1, 0.15) is 6.42 Å². The highest BCUT2D eigenvalue weighted by atomic mass is 79.9. The Bertz CT molecular complexity index is 570. The lowest BCUT2D eigenvalue weighted by Gasteiger charge is -2.15. The minimum absolute atomic E-state index is 0. The fraction of sp³-hybridized carbons (Fsp3) is 0.294. The normalized spacial score (nSPS) is 17.3. The Morgan fingerprint density at radius 3 is 2.67 bits per heavy atom. The van der Waals surface area contributed by atoms with Crippen LogP contribution in [0.3, 0.4) is 0 Å². The number of rotatable bonds is 4. The van der Waals surface area contributed by atoms with E-state index in [2.05, 4.69) is 57.6 Å². The Morgan fingerprint density at radius 1 is 1.14 bits per heavy atom. The van der Waals surface area contributed by atoms with E-state index in [1.165, 1.54) is 12.0 Å². The molecule has 2 aromatic carbocycles. The molecule has 1 saturated heterocycles. The molecule has 2 nitrogen and oxygen atoms in total. The van der Waals surface area contributed by atoms with Crippen LogP contribution in [-0.2, 0) is 0 Å². The largest absolute Gasteiger partial charge is 0.493 e. The molecule has 0 spiro atoms. The lowest BCUT2D eigenvalue weighted by molar-refractivity contribution is 0.261. The Kier molecular flexibility index (Phi) is 6.09. The van der Waals surface area contributed by atoms with Gasteiger partial charge in [-0.3, -0.25) is 0 Å². The maximum absolute atomic E-state index is 6.07. The minimum atomic E-state index is 0. The van der Waals surface area contributed by atoms with Crippen molar-refractivity contribution in [2.75, 3.05) is 19.7 Å². The summed E-state index contributed by atoms with van der Waals surface area (Å²) in [6.07, 6.45) is 1.21. The van der Waals surface area contributed by atoms with Gasteiger partial charge in [0.2, 0.25) is 0 Å². The highest BCUT2D eigenvalue weighted by Gasteiger charge is 2.16. The second-order valence-corrected chi connectivity index (χ2v) is 6.09. The van der Waals surface area contributed by atoms with Crippen LogP contribution in [0.5, 0.6) is 5.75 Å². The van der Waals surface area contributed by atoms with Gasteiger partial charge in [0.25, 0.3) is 0 Å². The van der Waals surface area contributed by atoms with E-state index >= 15 is 0 Å². The van der Waals surface area contributed by atoms with Gasteiger partial charge >= 0.3 is 0 Å². The van der Waals surface area contributed by atoms with Crippen molar-refractivity contribution in [1.82, 2.24) is 5.32 Å². The quantitative estimate of drug-likeness (QED) is 0.856. The summed E-state index contributed by atoms with van der Waals surface area (Å²) in [6, 6.07) is 16.6. The number of ether oxygens (including phenoxy) is 1. The van der Waals surface area contributed by atoms with Crippen molar-refractivity contribution in [3.63, 3.8) is 0 Å². The van der Waals surface area contributed by atoms with Crippen LogP contribution in [0.4, 0.5) is 0 Å². The third kappa shape index (κ3) is 4.22. The lowest BCUT2D eigenvalue weighted by Crippen LogP contribution is -2.15. The monoisotopic (exact) mass is 367 g/mol. The van der Waals surface area contributed by atoms with Gasteiger partial charge in [0.1, 0.15) is 5.75 Å². The molecular formula is C17H19BrClNO. The molecule has 1 N–H and O–H groups in total. The summed E-state index contributed by atoms with van der Waals surface area (Å²) >= 11 is 3.55. The summed E-state index contributed by atoms with van der Waals surface area (Å²) in [6.45, 7) is 2.96. The molecule has 0 bridgehead atoms. The van der Waals surface area contributed by atoms with Gasteiger partial charge in [0.05, 0.1) is 6.61 Å². The molecule has 21 heavy (non-hydrogen) atoms. The Morgan fingerprint density at radius 2 is 1.95 bits per heavy atom. The summed E-state index contributed by atoms with van der Waals surface area (Å²) in [5.41, 5.74) is 2.33. The van der Waals surface area contributed by atoms with Gasteiger partial charge in [0, 0.05) is 22.5 Å². The van der Waals surface area contributed by atoms with E-state index in [1.54, 1.807) is 0 Å². The first-order valence-corrected chi connectivity index (χ1v) is 7.81. The van der Waals surface area contributed by atoms with Crippen molar-refractivity contribution in [1.29, 1.82) is 0 Å². The standard InChI is InChI=1S/C17H18BrNO.ClH/c18-15-6-7-17(20-12-13-8-9-19-11-13)16(10-15)14-4-2-1-3-5-14;/h1-7,10,13,19H,8-9,11-12H2;1H. The molecule has 1 fully saturated rings. The van der Waals surface area contributed by atoms with Gasteiger partial charge in [-0.2, -0.15) is 0 Å². The SMILES string of the molecule is Brc1ccc(OCC2CCNC2)c(-c2ccccc2)c1.Cl. The molecule has 1 atom stereocenters. The molecular weight excluding hydrogens is 350 g/mol. The number of halogens is 2. The fourth-order valence-electron chi connectivity index (χ4n) is 2.54. The summed E-state index contributed by atoms with van der Waals surface area (Å²) in [7, 11) is 0. The van der Waals surface area contributed by atoms with Gasteiger partial charge in [-0.25, -0.2) is 0 Å². The second kappa shape index (κ2) is 7.83. The zero-order chi connectivity index (χ0) is 13.8. The number of hydrogen-bond donors (Lipinski definition) is 1. The molecule has 0 aliphatic carbocycles. The van der Waals surface area contributed by atoms with E-state index in [1.807, 2.05) is 12.1 Å². The Hall–Kier alpha value is -1.03. The first kappa shape index (κ1) is 16.3. The van der Waals surface area contributed by atoms with Crippen LogP contribution in [0.15, 0.2) is 53.0 Å². The summed E-state index contributed by atoms with van der Waals surface area (Å²) < 4.78 is 7.14. The third-order valence-corrected chi connectivity index (χ3v) is 4.16. The molecule has 3 rings (SSSR count). The molecule has 1 heterocycles. The van der Waals surface area contributed by atoms with E-state index in [9.17, 15) is 0 Å². The van der Waals surface area contributed by atoms with Crippen LogP contribution in [0.25, 0.3) is 11.1 Å². The van der Waals surface area contributed by atoms with Crippen molar-refractivity contribution in [3.05, 3.63) is 53.0 Å². The molecule has 2 aromatic rings. The summed E-state index contributed by atoms with van der Waals surface area (Å²) in [4.78, 5) is 0. The van der Waals surface area contributed by atoms with E-state index in [4.69, 9.17) is 4.74 Å². The molecule has 1 unspecified atom stereocenters. The second-order valence-electron chi connectivity index (χ2n) is 5.18. The summed E-state index contributed by atoms with van der Waals surface area (Å²) in [5.74, 6) is 1.59. The lowest BCUT2D eigenvalue weighted by atomic mass is 10.0. The number of nitrogens with one attached hydrogen (secondary N) is 1. The third-order valence-electron chi connectivity index (χ3n) is 3.66. The van der Waals surface area contributed by atoms with Crippen molar-refractivity contribution < 1.29 is 4.74 Å². The average Bonchev–Trinajstić information content (AvgIpc) is 3.00. The number of benzene rings is 2. The highest BCUT2D eigenvalue weighted by Crippen LogP contribution is 2.33. The van der Waals surface area contributed by atoms with Crippen LogP contribution in [0, 0.1) is 5.92 Å². The van der Waals surface area contributed by atoms with Gasteiger partial charge in [-0.1, -0.05) is 46.3 Å². The summed E-state index contributed by atoms with van der Waals surface area (Å²) in [5, 5.41) is 3.38. The van der Waals surface area contributed by atoms with E-state index in [0.29, 0.717) is 5.92 Å². The molecule has 0 saturated carbocycles. The number of hydrogen-bond acceptors (Lipinski definition) is 2. The fourth-order valence-corrected chi connectivity index (χ4v) is 2.90. The van der Waals surface area contributed by atoms with Crippen molar-refractivity contribution in [2.45, 2.75) is 6.42 Å². The van der Waals surface area contributed by atoms with E-state index in [-0.39, 0.29) is 12.4 Å². The first-order chi connectivity index (χ1) is 9.83. The molecule has 1 aliphatic heterocycles. The van der Waals surface area contributed by atoms with Crippen LogP contribution in [-0.4, -0.2) is 19.7 Å². The van der Waals surface area contributed by atoms with Crippen LogP contribution < -0.4 is 10.1 Å². The van der Waals surface area contributed by atoms with Crippen LogP contribution >= 0.6 is 28.3 Å². The first-order valence-electron chi connectivity index (χ1n) is 7.01. The highest BCUT2D eigenvalue weighted by molar-refractivity contribution is 9.10. The van der Waals surface area contributed by atoms with Gasteiger partial charge in [-0.15, -0.1) is 12.4 Å². The molecule has 4 heteroatoms. The average molecular weight is 369 g/mol. The Labute approximate surface area is 140 Å². The zero-order valence-corrected chi connectivity index (χ0v) is 14.1. The molecule has 0 aromatic heterocycles. The van der Waals surface area contributed by atoms with Crippen molar-refractivity contribution in [2.24, 2.45) is 5.92 Å². The van der Waals surface area contributed by atoms with Gasteiger partial charge in [-0.05, 0) is 36.7 Å². The van der Waals surface area contributed by atoms with Crippen molar-refractivity contribution in [3.8, 4) is 16.9 Å². The van der Waals surface area contributed by atoms with Gasteiger partial charge in [0.15, 0.2) is 0 Å². The molecule has 0 radical (unpaired) electrons. The van der Waals surface area contributed by atoms with E-state index < -0.39 is 0 Å². The zero-order valence-electron chi connectivity index (χ0n) is 11.7. The predicted molar refractivity (Wildman–Crippen MR) is 93.3 cm³/mol. The maximum Gasteiger partial charge on any atom is 0.127 e. The molecule has 0 amide bonds. The Balaban J connectivity index is 0.00000161. The smallest absolute Gasteiger partial charge is 0.127 e. The molecule has 1 aliphatic rings.